The summed E-state index contributed by atoms with van der Waals surface area (Å²) in [5, 5.41) is 13.7. The first kappa shape index (κ1) is 19.9. The predicted molar refractivity (Wildman–Crippen MR) is 114 cm³/mol. The van der Waals surface area contributed by atoms with Crippen molar-refractivity contribution < 1.29 is 4.79 Å². The molecule has 0 aliphatic rings. The van der Waals surface area contributed by atoms with Crippen molar-refractivity contribution in [3.05, 3.63) is 73.3 Å². The lowest BCUT2D eigenvalue weighted by Gasteiger charge is -2.19. The molecular weight excluding hydrogens is 398 g/mol. The minimum Gasteiger partial charge on any atom is -0.332 e. The van der Waals surface area contributed by atoms with Gasteiger partial charge in [-0.25, -0.2) is 9.78 Å². The van der Waals surface area contributed by atoms with Gasteiger partial charge in [0, 0.05) is 15.8 Å². The smallest absolute Gasteiger partial charge is 0.315 e. The number of rotatable bonds is 5. The number of thiazole rings is 1. The molecule has 4 nitrogen and oxygen atoms in total. The summed E-state index contributed by atoms with van der Waals surface area (Å²) in [6.45, 7) is 6.79. The van der Waals surface area contributed by atoms with Crippen LogP contribution in [0.2, 0.25) is 5.02 Å². The monoisotopic (exact) mass is 419 g/mol. The number of hydrogen-bond donors (Lipinski definition) is 2. The fourth-order valence-electron chi connectivity index (χ4n) is 2.54. The van der Waals surface area contributed by atoms with Crippen LogP contribution < -0.4 is 10.6 Å². The summed E-state index contributed by atoms with van der Waals surface area (Å²) in [6.07, 6.45) is 0. The largest absolute Gasteiger partial charge is 0.332 e. The quantitative estimate of drug-likeness (QED) is 0.553. The molecule has 3 aromatic rings. The second-order valence-electron chi connectivity index (χ2n) is 7.26. The number of urea groups is 1. The number of benzene rings is 1. The van der Waals surface area contributed by atoms with Gasteiger partial charge in [0.2, 0.25) is 0 Å². The molecule has 0 saturated heterocycles. The summed E-state index contributed by atoms with van der Waals surface area (Å²) in [7, 11) is 0. The van der Waals surface area contributed by atoms with Crippen molar-refractivity contribution in [1.82, 2.24) is 15.6 Å². The van der Waals surface area contributed by atoms with Crippen LogP contribution in [-0.2, 0) is 12.0 Å². The first-order valence-electron chi connectivity index (χ1n) is 8.60. The number of halogens is 1. The number of carbonyl (C=O) groups is 1. The molecule has 0 spiro atoms. The Morgan fingerprint density at radius 3 is 2.48 bits per heavy atom. The molecule has 3 rings (SSSR count). The zero-order valence-electron chi connectivity index (χ0n) is 15.5. The van der Waals surface area contributed by atoms with Gasteiger partial charge >= 0.3 is 6.03 Å². The van der Waals surface area contributed by atoms with E-state index in [1.807, 2.05) is 46.5 Å². The standard InChI is InChI=1S/C20H22ClN3OS2/c1-20(2,3)18-23-16(12-27-18)10-22-19(25)24-17(14-8-9-26-11-14)13-4-6-15(21)7-5-13/h4-9,11-12,17H,10H2,1-3H3,(H2,22,24,25). The fraction of sp³-hybridized carbons (Fsp3) is 0.300. The summed E-state index contributed by atoms with van der Waals surface area (Å²) in [5.74, 6) is 0. The number of hydrogen-bond acceptors (Lipinski definition) is 4. The average molecular weight is 420 g/mol. The number of aromatic nitrogens is 1. The Morgan fingerprint density at radius 1 is 1.15 bits per heavy atom. The van der Waals surface area contributed by atoms with Crippen LogP contribution in [0.4, 0.5) is 4.79 Å². The highest BCUT2D eigenvalue weighted by Gasteiger charge is 2.19. The zero-order chi connectivity index (χ0) is 19.4. The van der Waals surface area contributed by atoms with Crippen molar-refractivity contribution in [1.29, 1.82) is 0 Å². The topological polar surface area (TPSA) is 54.0 Å². The van der Waals surface area contributed by atoms with Crippen LogP contribution in [0, 0.1) is 0 Å². The van der Waals surface area contributed by atoms with E-state index in [9.17, 15) is 4.79 Å². The molecule has 1 aromatic carbocycles. The Bertz CT molecular complexity index is 883. The molecule has 0 aliphatic carbocycles. The maximum atomic E-state index is 12.5. The second kappa shape index (κ2) is 8.42. The van der Waals surface area contributed by atoms with Gasteiger partial charge in [0.25, 0.3) is 0 Å². The molecule has 2 aromatic heterocycles. The van der Waals surface area contributed by atoms with Crippen LogP contribution in [-0.4, -0.2) is 11.0 Å². The summed E-state index contributed by atoms with van der Waals surface area (Å²) < 4.78 is 0. The molecule has 1 atom stereocenters. The van der Waals surface area contributed by atoms with Gasteiger partial charge < -0.3 is 10.6 Å². The molecule has 0 saturated carbocycles. The van der Waals surface area contributed by atoms with Crippen molar-refractivity contribution >= 4 is 40.3 Å². The molecule has 0 fully saturated rings. The molecule has 2 N–H and O–H groups in total. The number of amides is 2. The lowest BCUT2D eigenvalue weighted by atomic mass is 9.98. The SMILES string of the molecule is CC(C)(C)c1nc(CNC(=O)NC(c2ccc(Cl)cc2)c2ccsc2)cs1. The molecule has 0 bridgehead atoms. The molecule has 0 aliphatic heterocycles. The second-order valence-corrected chi connectivity index (χ2v) is 9.34. The highest BCUT2D eigenvalue weighted by molar-refractivity contribution is 7.09. The third kappa shape index (κ3) is 5.31. The van der Waals surface area contributed by atoms with Gasteiger partial charge in [0.05, 0.1) is 23.3 Å². The minimum absolute atomic E-state index is 0.0177. The molecule has 2 amide bonds. The number of thiophene rings is 1. The Kier molecular flexibility index (Phi) is 6.19. The van der Waals surface area contributed by atoms with Crippen molar-refractivity contribution in [2.75, 3.05) is 0 Å². The van der Waals surface area contributed by atoms with Gasteiger partial charge in [-0.05, 0) is 40.1 Å². The van der Waals surface area contributed by atoms with Gasteiger partial charge in [-0.3, -0.25) is 0 Å². The van der Waals surface area contributed by atoms with E-state index in [0.717, 1.165) is 21.8 Å². The maximum absolute atomic E-state index is 12.5. The Morgan fingerprint density at radius 2 is 1.89 bits per heavy atom. The Balaban J connectivity index is 1.66. The van der Waals surface area contributed by atoms with Crippen LogP contribution in [0.25, 0.3) is 0 Å². The molecule has 142 valence electrons. The van der Waals surface area contributed by atoms with Crippen LogP contribution >= 0.6 is 34.3 Å². The number of nitrogens with zero attached hydrogens (tertiary/aromatic N) is 1. The van der Waals surface area contributed by atoms with Crippen LogP contribution in [0.1, 0.15) is 48.6 Å². The van der Waals surface area contributed by atoms with Crippen LogP contribution in [0.3, 0.4) is 0 Å². The van der Waals surface area contributed by atoms with Gasteiger partial charge in [0.15, 0.2) is 0 Å². The predicted octanol–water partition coefficient (Wildman–Crippen LogP) is 5.74. The van der Waals surface area contributed by atoms with E-state index in [-0.39, 0.29) is 17.5 Å². The summed E-state index contributed by atoms with van der Waals surface area (Å²) in [6, 6.07) is 9.08. The third-order valence-electron chi connectivity index (χ3n) is 3.98. The van der Waals surface area contributed by atoms with Crippen molar-refractivity contribution in [2.24, 2.45) is 0 Å². The maximum Gasteiger partial charge on any atom is 0.315 e. The number of carbonyl (C=O) groups excluding carboxylic acids is 1. The zero-order valence-corrected chi connectivity index (χ0v) is 17.8. The molecule has 2 heterocycles. The van der Waals surface area contributed by atoms with Crippen LogP contribution in [0.15, 0.2) is 46.5 Å². The Hall–Kier alpha value is -1.89. The van der Waals surface area contributed by atoms with E-state index in [1.54, 1.807) is 22.7 Å². The summed E-state index contributed by atoms with van der Waals surface area (Å²) in [5.41, 5.74) is 2.92. The van der Waals surface area contributed by atoms with Crippen LogP contribution in [0.5, 0.6) is 0 Å². The van der Waals surface area contributed by atoms with Gasteiger partial charge in [-0.1, -0.05) is 44.5 Å². The average Bonchev–Trinajstić information content (AvgIpc) is 3.30. The highest BCUT2D eigenvalue weighted by Crippen LogP contribution is 2.26. The summed E-state index contributed by atoms with van der Waals surface area (Å²) in [4.78, 5) is 17.1. The van der Waals surface area contributed by atoms with Gasteiger partial charge in [-0.2, -0.15) is 11.3 Å². The molecular formula is C20H22ClN3OS2. The van der Waals surface area contributed by atoms with Gasteiger partial charge in [-0.15, -0.1) is 11.3 Å². The van der Waals surface area contributed by atoms with Crippen molar-refractivity contribution in [2.45, 2.75) is 38.8 Å². The van der Waals surface area contributed by atoms with E-state index >= 15 is 0 Å². The first-order valence-corrected chi connectivity index (χ1v) is 10.8. The molecule has 7 heteroatoms. The van der Waals surface area contributed by atoms with E-state index < -0.39 is 0 Å². The van der Waals surface area contributed by atoms with E-state index in [0.29, 0.717) is 11.6 Å². The lowest BCUT2D eigenvalue weighted by Crippen LogP contribution is -2.38. The van der Waals surface area contributed by atoms with Crippen molar-refractivity contribution in [3.63, 3.8) is 0 Å². The van der Waals surface area contributed by atoms with E-state index in [2.05, 4.69) is 36.4 Å². The molecule has 0 radical (unpaired) electrons. The number of nitrogens with one attached hydrogen (secondary N) is 2. The van der Waals surface area contributed by atoms with E-state index in [4.69, 9.17) is 11.6 Å². The lowest BCUT2D eigenvalue weighted by molar-refractivity contribution is 0.238. The Labute approximate surface area is 172 Å². The minimum atomic E-state index is -0.230. The van der Waals surface area contributed by atoms with Crippen molar-refractivity contribution in [3.8, 4) is 0 Å². The summed E-state index contributed by atoms with van der Waals surface area (Å²) >= 11 is 9.22. The molecule has 27 heavy (non-hydrogen) atoms. The highest BCUT2D eigenvalue weighted by atomic mass is 35.5. The third-order valence-corrected chi connectivity index (χ3v) is 6.25. The molecule has 1 unspecified atom stereocenters. The fourth-order valence-corrected chi connectivity index (χ4v) is 4.26. The van der Waals surface area contributed by atoms with E-state index in [1.165, 1.54) is 0 Å². The normalized spacial score (nSPS) is 12.6. The van der Waals surface area contributed by atoms with Gasteiger partial charge in [0.1, 0.15) is 0 Å². The first-order chi connectivity index (χ1) is 12.8.